The van der Waals surface area contributed by atoms with E-state index in [-0.39, 0.29) is 5.69 Å². The molecule has 2 amide bonds. The number of nitrogens with one attached hydrogen (secondary N) is 2. The van der Waals surface area contributed by atoms with E-state index in [4.69, 9.17) is 5.11 Å². The summed E-state index contributed by atoms with van der Waals surface area (Å²) in [5.41, 5.74) is 2.41. The van der Waals surface area contributed by atoms with Crippen LogP contribution in [-0.2, 0) is 0 Å². The Morgan fingerprint density at radius 1 is 1.24 bits per heavy atom. The van der Waals surface area contributed by atoms with Crippen LogP contribution >= 0.6 is 0 Å². The minimum atomic E-state index is -1.38. The van der Waals surface area contributed by atoms with E-state index in [2.05, 4.69) is 15.6 Å². The van der Waals surface area contributed by atoms with Gasteiger partial charge in [0.15, 0.2) is 0 Å². The van der Waals surface area contributed by atoms with Crippen molar-refractivity contribution in [2.45, 2.75) is 0 Å². The highest BCUT2D eigenvalue weighted by molar-refractivity contribution is 5.93. The van der Waals surface area contributed by atoms with Crippen LogP contribution in [0.2, 0.25) is 0 Å². The fraction of sp³-hybridized carbons (Fsp3) is 0.385. The molecule has 1 aromatic rings. The van der Waals surface area contributed by atoms with Gasteiger partial charge in [-0.3, -0.25) is 5.43 Å². The Balaban J connectivity index is 1.93. The Kier molecular flexibility index (Phi) is 4.71. The summed E-state index contributed by atoms with van der Waals surface area (Å²) in [6.45, 7) is 3.10. The molecule has 114 valence electrons. The van der Waals surface area contributed by atoms with Gasteiger partial charge in [0.2, 0.25) is 0 Å². The maximum Gasteiger partial charge on any atom is 0.338 e. The number of carbonyl (C=O) groups excluding carboxylic acids is 1. The van der Waals surface area contributed by atoms with Gasteiger partial charge < -0.3 is 15.3 Å². The molecule has 7 nitrogen and oxygen atoms in total. The van der Waals surface area contributed by atoms with E-state index in [1.165, 1.54) is 6.07 Å². The highest BCUT2D eigenvalue weighted by Crippen LogP contribution is 2.14. The number of urea groups is 1. The van der Waals surface area contributed by atoms with E-state index in [0.717, 1.165) is 25.2 Å². The van der Waals surface area contributed by atoms with E-state index in [1.54, 1.807) is 5.01 Å². The number of hydrogen-bond acceptors (Lipinski definition) is 4. The lowest BCUT2D eigenvalue weighted by molar-refractivity contribution is 0.0692. The van der Waals surface area contributed by atoms with Crippen LogP contribution in [0.25, 0.3) is 0 Å². The molecule has 1 saturated heterocycles. The lowest BCUT2D eigenvalue weighted by Gasteiger charge is -2.32. The van der Waals surface area contributed by atoms with Gasteiger partial charge in [0.25, 0.3) is 0 Å². The van der Waals surface area contributed by atoms with Gasteiger partial charge in [-0.05, 0) is 25.2 Å². The predicted molar refractivity (Wildman–Crippen MR) is 74.6 cm³/mol. The zero-order chi connectivity index (χ0) is 15.4. The Morgan fingerprint density at radius 3 is 2.52 bits per heavy atom. The summed E-state index contributed by atoms with van der Waals surface area (Å²) in [6.07, 6.45) is 0. The van der Waals surface area contributed by atoms with Gasteiger partial charge in [0, 0.05) is 31.9 Å². The molecule has 0 aromatic heterocycles. The Morgan fingerprint density at radius 2 is 1.90 bits per heavy atom. The quantitative estimate of drug-likeness (QED) is 0.768. The summed E-state index contributed by atoms with van der Waals surface area (Å²) >= 11 is 0. The van der Waals surface area contributed by atoms with Crippen molar-refractivity contribution in [3.05, 3.63) is 29.6 Å². The number of carboxylic acid groups (broad SMARTS) is 1. The second-order valence-corrected chi connectivity index (χ2v) is 4.86. The third kappa shape index (κ3) is 4.14. The Labute approximate surface area is 121 Å². The van der Waals surface area contributed by atoms with Crippen molar-refractivity contribution < 1.29 is 19.1 Å². The van der Waals surface area contributed by atoms with E-state index in [0.29, 0.717) is 13.1 Å². The monoisotopic (exact) mass is 296 g/mol. The summed E-state index contributed by atoms with van der Waals surface area (Å²) < 4.78 is 13.2. The van der Waals surface area contributed by atoms with Crippen LogP contribution in [-0.4, -0.2) is 60.2 Å². The van der Waals surface area contributed by atoms with Crippen molar-refractivity contribution in [2.75, 3.05) is 38.5 Å². The number of piperazine rings is 1. The molecule has 0 atom stereocenters. The fourth-order valence-corrected chi connectivity index (χ4v) is 1.99. The van der Waals surface area contributed by atoms with E-state index < -0.39 is 23.4 Å². The average molecular weight is 296 g/mol. The highest BCUT2D eigenvalue weighted by Gasteiger charge is 2.16. The first-order valence-electron chi connectivity index (χ1n) is 6.49. The molecule has 8 heteroatoms. The lowest BCUT2D eigenvalue weighted by Crippen LogP contribution is -2.53. The van der Waals surface area contributed by atoms with Crippen LogP contribution in [0.3, 0.4) is 0 Å². The first kappa shape index (κ1) is 15.2. The molecule has 0 radical (unpaired) electrons. The number of carboxylic acids is 1. The lowest BCUT2D eigenvalue weighted by atomic mass is 10.2. The zero-order valence-corrected chi connectivity index (χ0v) is 11.6. The van der Waals surface area contributed by atoms with E-state index in [9.17, 15) is 14.0 Å². The van der Waals surface area contributed by atoms with Crippen molar-refractivity contribution in [1.82, 2.24) is 15.3 Å². The molecule has 1 fully saturated rings. The van der Waals surface area contributed by atoms with Crippen molar-refractivity contribution in [3.63, 3.8) is 0 Å². The van der Waals surface area contributed by atoms with Gasteiger partial charge in [0.05, 0.1) is 5.56 Å². The average Bonchev–Trinajstić information content (AvgIpc) is 2.43. The molecule has 21 heavy (non-hydrogen) atoms. The molecule has 1 aliphatic heterocycles. The third-order valence-electron chi connectivity index (χ3n) is 3.22. The van der Waals surface area contributed by atoms with Crippen molar-refractivity contribution >= 4 is 17.7 Å². The number of amides is 2. The maximum atomic E-state index is 13.2. The summed E-state index contributed by atoms with van der Waals surface area (Å²) in [6, 6.07) is 2.92. The first-order valence-corrected chi connectivity index (χ1v) is 6.49. The molecule has 1 aliphatic rings. The molecular weight excluding hydrogens is 279 g/mol. The Hall–Kier alpha value is -2.19. The summed E-state index contributed by atoms with van der Waals surface area (Å²) in [5.74, 6) is -2.22. The van der Waals surface area contributed by atoms with Gasteiger partial charge in [-0.15, -0.1) is 0 Å². The molecule has 2 rings (SSSR count). The molecule has 1 heterocycles. The molecule has 0 unspecified atom stereocenters. The topological polar surface area (TPSA) is 84.9 Å². The number of carbonyl (C=O) groups is 2. The molecule has 0 bridgehead atoms. The number of hydrogen-bond donors (Lipinski definition) is 3. The number of hydrazine groups is 1. The molecule has 3 N–H and O–H groups in total. The molecular formula is C13H17FN4O3. The molecule has 1 aromatic carbocycles. The number of benzene rings is 1. The smallest absolute Gasteiger partial charge is 0.338 e. The third-order valence-corrected chi connectivity index (χ3v) is 3.22. The number of nitrogens with zero attached hydrogens (tertiary/aromatic N) is 2. The van der Waals surface area contributed by atoms with Crippen molar-refractivity contribution in [3.8, 4) is 0 Å². The van der Waals surface area contributed by atoms with Gasteiger partial charge >= 0.3 is 12.0 Å². The number of halogens is 1. The standard InChI is InChI=1S/C13H17FN4O3/c1-17-4-6-18(7-5-17)16-13(21)15-9-2-3-11(14)10(8-9)12(19)20/h2-3,8H,4-7H2,1H3,(H,19,20)(H2,15,16,21). The van der Waals surface area contributed by atoms with Crippen LogP contribution in [0.15, 0.2) is 18.2 Å². The second-order valence-electron chi connectivity index (χ2n) is 4.86. The van der Waals surface area contributed by atoms with Gasteiger partial charge in [-0.25, -0.2) is 19.0 Å². The maximum absolute atomic E-state index is 13.2. The van der Waals surface area contributed by atoms with Gasteiger partial charge in [0.1, 0.15) is 5.82 Å². The largest absolute Gasteiger partial charge is 0.478 e. The molecule has 0 aliphatic carbocycles. The normalized spacial score (nSPS) is 16.5. The van der Waals surface area contributed by atoms with Gasteiger partial charge in [-0.2, -0.15) is 0 Å². The minimum Gasteiger partial charge on any atom is -0.478 e. The SMILES string of the molecule is CN1CCN(NC(=O)Nc2ccc(F)c(C(=O)O)c2)CC1. The zero-order valence-electron chi connectivity index (χ0n) is 11.6. The van der Waals surface area contributed by atoms with Crippen LogP contribution < -0.4 is 10.7 Å². The van der Waals surface area contributed by atoms with Crippen LogP contribution in [0, 0.1) is 5.82 Å². The second kappa shape index (κ2) is 6.51. The van der Waals surface area contributed by atoms with E-state index >= 15 is 0 Å². The van der Waals surface area contributed by atoms with Crippen molar-refractivity contribution in [1.29, 1.82) is 0 Å². The van der Waals surface area contributed by atoms with Crippen LogP contribution in [0.5, 0.6) is 0 Å². The number of anilines is 1. The van der Waals surface area contributed by atoms with Crippen LogP contribution in [0.1, 0.15) is 10.4 Å². The first-order chi connectivity index (χ1) is 9.95. The summed E-state index contributed by atoms with van der Waals surface area (Å²) in [4.78, 5) is 24.8. The summed E-state index contributed by atoms with van der Waals surface area (Å²) in [5, 5.41) is 13.1. The molecule has 0 spiro atoms. The van der Waals surface area contributed by atoms with Gasteiger partial charge in [-0.1, -0.05) is 0 Å². The molecule has 0 saturated carbocycles. The van der Waals surface area contributed by atoms with Crippen molar-refractivity contribution in [2.24, 2.45) is 0 Å². The number of aromatic carboxylic acids is 1. The minimum absolute atomic E-state index is 0.223. The van der Waals surface area contributed by atoms with Crippen LogP contribution in [0.4, 0.5) is 14.9 Å². The number of likely N-dealkylation sites (N-methyl/N-ethyl adjacent to an activating group) is 1. The number of rotatable bonds is 3. The Bertz CT molecular complexity index is 544. The summed E-state index contributed by atoms with van der Waals surface area (Å²) in [7, 11) is 2.00. The predicted octanol–water partition coefficient (Wildman–Crippen LogP) is 0.808. The highest BCUT2D eigenvalue weighted by atomic mass is 19.1. The fourth-order valence-electron chi connectivity index (χ4n) is 1.99. The van der Waals surface area contributed by atoms with E-state index in [1.807, 2.05) is 7.05 Å².